The van der Waals surface area contributed by atoms with E-state index in [0.717, 1.165) is 36.1 Å². The van der Waals surface area contributed by atoms with E-state index in [2.05, 4.69) is 5.32 Å². The highest BCUT2D eigenvalue weighted by atomic mass is 32.1. The van der Waals surface area contributed by atoms with E-state index >= 15 is 0 Å². The van der Waals surface area contributed by atoms with Crippen molar-refractivity contribution >= 4 is 28.2 Å². The first-order chi connectivity index (χ1) is 13.5. The molecular weight excluding hydrogens is 381 g/mol. The minimum atomic E-state index is -0.869. The van der Waals surface area contributed by atoms with Gasteiger partial charge in [-0.1, -0.05) is 19.1 Å². The molecule has 7 heteroatoms. The zero-order chi connectivity index (χ0) is 20.1. The van der Waals surface area contributed by atoms with E-state index in [4.69, 9.17) is 9.47 Å². The lowest BCUT2D eigenvalue weighted by Gasteiger charge is -2.17. The highest BCUT2D eigenvalue weighted by Gasteiger charge is 2.29. The van der Waals surface area contributed by atoms with Gasteiger partial charge in [-0.05, 0) is 56.7 Å². The molecule has 1 N–H and O–H groups in total. The van der Waals surface area contributed by atoms with Gasteiger partial charge in [0.15, 0.2) is 17.7 Å². The van der Waals surface area contributed by atoms with Crippen molar-refractivity contribution in [2.24, 2.45) is 0 Å². The van der Waals surface area contributed by atoms with Crippen molar-refractivity contribution < 1.29 is 23.5 Å². The Balaban J connectivity index is 1.83. The number of para-hydroxylation sites is 1. The van der Waals surface area contributed by atoms with Crippen LogP contribution in [0.5, 0.6) is 5.75 Å². The molecule has 1 aromatic heterocycles. The molecule has 150 valence electrons. The van der Waals surface area contributed by atoms with Crippen molar-refractivity contribution in [3.05, 3.63) is 46.1 Å². The van der Waals surface area contributed by atoms with Crippen LogP contribution in [0.2, 0.25) is 0 Å². The Kier molecular flexibility index (Phi) is 6.67. The molecule has 1 amide bonds. The van der Waals surface area contributed by atoms with Crippen molar-refractivity contribution in [3.8, 4) is 5.75 Å². The van der Waals surface area contributed by atoms with Gasteiger partial charge in [0.2, 0.25) is 0 Å². The Bertz CT molecular complexity index is 864. The van der Waals surface area contributed by atoms with Crippen LogP contribution in [0.15, 0.2) is 24.3 Å². The molecule has 1 aliphatic rings. The van der Waals surface area contributed by atoms with Crippen LogP contribution in [0, 0.1) is 5.82 Å². The molecule has 1 aromatic carbocycles. The average molecular weight is 405 g/mol. The lowest BCUT2D eigenvalue weighted by molar-refractivity contribution is -0.122. The first-order valence-electron chi connectivity index (χ1n) is 9.58. The second-order valence-corrected chi connectivity index (χ2v) is 7.68. The number of esters is 1. The Morgan fingerprint density at radius 1 is 1.21 bits per heavy atom. The molecule has 1 atom stereocenters. The molecule has 0 unspecified atom stereocenters. The summed E-state index contributed by atoms with van der Waals surface area (Å²) in [4.78, 5) is 26.4. The summed E-state index contributed by atoms with van der Waals surface area (Å²) in [6.07, 6.45) is 3.27. The van der Waals surface area contributed by atoms with E-state index in [1.807, 2.05) is 0 Å². The molecule has 0 saturated heterocycles. The van der Waals surface area contributed by atoms with Gasteiger partial charge in [0, 0.05) is 4.88 Å². The summed E-state index contributed by atoms with van der Waals surface area (Å²) in [6, 6.07) is 5.98. The van der Waals surface area contributed by atoms with Crippen LogP contribution in [-0.2, 0) is 22.4 Å². The lowest BCUT2D eigenvalue weighted by Crippen LogP contribution is -2.33. The largest absolute Gasteiger partial charge is 0.478 e. The number of hydrogen-bond donors (Lipinski definition) is 1. The third-order valence-corrected chi connectivity index (χ3v) is 5.86. The number of hydrogen-bond acceptors (Lipinski definition) is 5. The summed E-state index contributed by atoms with van der Waals surface area (Å²) in [5, 5.41) is 3.32. The van der Waals surface area contributed by atoms with E-state index < -0.39 is 23.8 Å². The van der Waals surface area contributed by atoms with E-state index in [9.17, 15) is 14.0 Å². The molecule has 0 aliphatic heterocycles. The minimum Gasteiger partial charge on any atom is -0.478 e. The highest BCUT2D eigenvalue weighted by molar-refractivity contribution is 7.17. The van der Waals surface area contributed by atoms with Crippen LogP contribution < -0.4 is 10.1 Å². The van der Waals surface area contributed by atoms with E-state index in [1.54, 1.807) is 26.0 Å². The molecule has 0 radical (unpaired) electrons. The van der Waals surface area contributed by atoms with Gasteiger partial charge in [-0.15, -0.1) is 11.3 Å². The molecule has 0 saturated carbocycles. The number of rotatable bonds is 7. The van der Waals surface area contributed by atoms with Gasteiger partial charge in [-0.3, -0.25) is 4.79 Å². The minimum absolute atomic E-state index is 0.0283. The van der Waals surface area contributed by atoms with Crippen molar-refractivity contribution in [1.82, 2.24) is 0 Å². The normalized spacial score (nSPS) is 14.1. The molecule has 0 fully saturated rings. The molecule has 2 aromatic rings. The Labute approximate surface area is 167 Å². The fraction of sp³-hybridized carbons (Fsp3) is 0.429. The second-order valence-electron chi connectivity index (χ2n) is 6.57. The number of benzene rings is 1. The number of aryl methyl sites for hydroxylation is 1. The van der Waals surface area contributed by atoms with Crippen LogP contribution in [0.1, 0.15) is 53.9 Å². The number of nitrogens with one attached hydrogen (secondary N) is 1. The number of carbonyl (C=O) groups is 2. The number of anilines is 1. The monoisotopic (exact) mass is 405 g/mol. The van der Waals surface area contributed by atoms with E-state index in [1.165, 1.54) is 23.5 Å². The molecule has 1 aliphatic carbocycles. The predicted octanol–water partition coefficient (Wildman–Crippen LogP) is 4.74. The highest BCUT2D eigenvalue weighted by Crippen LogP contribution is 2.38. The number of fused-ring (bicyclic) bond motifs is 1. The topological polar surface area (TPSA) is 64.6 Å². The van der Waals surface area contributed by atoms with Crippen molar-refractivity contribution in [2.45, 2.75) is 52.1 Å². The predicted molar refractivity (Wildman–Crippen MR) is 107 cm³/mol. The first kappa shape index (κ1) is 20.3. The second kappa shape index (κ2) is 9.19. The maximum atomic E-state index is 13.9. The van der Waals surface area contributed by atoms with Crippen molar-refractivity contribution in [1.29, 1.82) is 0 Å². The van der Waals surface area contributed by atoms with Gasteiger partial charge >= 0.3 is 5.97 Å². The Morgan fingerprint density at radius 3 is 2.68 bits per heavy atom. The maximum absolute atomic E-state index is 13.9. The van der Waals surface area contributed by atoms with Gasteiger partial charge < -0.3 is 14.8 Å². The van der Waals surface area contributed by atoms with Crippen LogP contribution in [0.3, 0.4) is 0 Å². The number of thiophene rings is 1. The van der Waals surface area contributed by atoms with Gasteiger partial charge in [-0.2, -0.15) is 0 Å². The summed E-state index contributed by atoms with van der Waals surface area (Å²) in [5.74, 6) is -1.32. The molecule has 0 spiro atoms. The first-order valence-corrected chi connectivity index (χ1v) is 10.4. The van der Waals surface area contributed by atoms with Crippen LogP contribution in [-0.4, -0.2) is 24.6 Å². The van der Waals surface area contributed by atoms with Crippen LogP contribution >= 0.6 is 11.3 Å². The van der Waals surface area contributed by atoms with Crippen molar-refractivity contribution in [3.63, 3.8) is 0 Å². The third kappa shape index (κ3) is 4.35. The molecule has 28 heavy (non-hydrogen) atoms. The molecular formula is C21H24FNO4S. The molecule has 5 nitrogen and oxygen atoms in total. The Morgan fingerprint density at radius 2 is 1.96 bits per heavy atom. The Hall–Kier alpha value is -2.41. The lowest BCUT2D eigenvalue weighted by atomic mass is 9.95. The summed E-state index contributed by atoms with van der Waals surface area (Å²) in [5.41, 5.74) is 1.43. The summed E-state index contributed by atoms with van der Waals surface area (Å²) in [7, 11) is 0. The SMILES string of the molecule is CCOC(=O)c1c(NC(=O)[C@H](CC)Oc2ccccc2F)sc2c1CCCC2. The molecule has 1 heterocycles. The third-order valence-electron chi connectivity index (χ3n) is 4.66. The number of amides is 1. The van der Waals surface area contributed by atoms with Crippen LogP contribution in [0.25, 0.3) is 0 Å². The zero-order valence-electron chi connectivity index (χ0n) is 16.0. The van der Waals surface area contributed by atoms with E-state index in [-0.39, 0.29) is 12.4 Å². The van der Waals surface area contributed by atoms with Gasteiger partial charge in [-0.25, -0.2) is 9.18 Å². The summed E-state index contributed by atoms with van der Waals surface area (Å²) in [6.45, 7) is 3.81. The fourth-order valence-electron chi connectivity index (χ4n) is 3.28. The maximum Gasteiger partial charge on any atom is 0.341 e. The smallest absolute Gasteiger partial charge is 0.341 e. The zero-order valence-corrected chi connectivity index (χ0v) is 16.9. The quantitative estimate of drug-likeness (QED) is 0.676. The van der Waals surface area contributed by atoms with E-state index in [0.29, 0.717) is 17.0 Å². The summed E-state index contributed by atoms with van der Waals surface area (Å²) >= 11 is 1.42. The number of halogens is 1. The van der Waals surface area contributed by atoms with Gasteiger partial charge in [0.25, 0.3) is 5.91 Å². The van der Waals surface area contributed by atoms with Crippen LogP contribution in [0.4, 0.5) is 9.39 Å². The fourth-order valence-corrected chi connectivity index (χ4v) is 4.56. The van der Waals surface area contributed by atoms with Gasteiger partial charge in [0.05, 0.1) is 12.2 Å². The molecule has 3 rings (SSSR count). The standard InChI is InChI=1S/C21H24FNO4S/c1-3-15(27-16-11-7-6-10-14(16)22)19(24)23-20-18(21(25)26-4-2)13-9-5-8-12-17(13)28-20/h6-7,10-11,15H,3-5,8-9,12H2,1-2H3,(H,23,24)/t15-/m0/s1. The number of carbonyl (C=O) groups excluding carboxylic acids is 2. The van der Waals surface area contributed by atoms with Crippen molar-refractivity contribution in [2.75, 3.05) is 11.9 Å². The van der Waals surface area contributed by atoms with Gasteiger partial charge in [0.1, 0.15) is 5.00 Å². The summed E-state index contributed by atoms with van der Waals surface area (Å²) < 4.78 is 24.7. The molecule has 0 bridgehead atoms. The number of ether oxygens (including phenoxy) is 2. The average Bonchev–Trinajstić information content (AvgIpc) is 3.05.